The van der Waals surface area contributed by atoms with Crippen LogP contribution in [0.5, 0.6) is 0 Å². The van der Waals surface area contributed by atoms with Gasteiger partial charge in [-0.2, -0.15) is 0 Å². The van der Waals surface area contributed by atoms with Gasteiger partial charge in [0, 0.05) is 81.6 Å². The van der Waals surface area contributed by atoms with Crippen LogP contribution in [0.15, 0.2) is 0 Å². The Morgan fingerprint density at radius 3 is 1.00 bits per heavy atom. The highest BCUT2D eigenvalue weighted by Crippen LogP contribution is 2.30. The first-order valence-corrected chi connectivity index (χ1v) is 14.7. The third kappa shape index (κ3) is 10.2. The van der Waals surface area contributed by atoms with Crippen molar-refractivity contribution in [2.24, 2.45) is 0 Å². The Balaban J connectivity index is 0.000000186. The highest BCUT2D eigenvalue weighted by molar-refractivity contribution is 4.91. The summed E-state index contributed by atoms with van der Waals surface area (Å²) in [6.07, 6.45) is 6.94. The van der Waals surface area contributed by atoms with E-state index in [1.54, 1.807) is 0 Å². The summed E-state index contributed by atoms with van der Waals surface area (Å²) in [7, 11) is 11.0. The molecule has 1 saturated carbocycles. The van der Waals surface area contributed by atoms with Crippen LogP contribution in [0.3, 0.4) is 0 Å². The van der Waals surface area contributed by atoms with E-state index in [-0.39, 0.29) is 0 Å². The van der Waals surface area contributed by atoms with E-state index < -0.39 is 0 Å². The van der Waals surface area contributed by atoms with Crippen molar-refractivity contribution in [3.05, 3.63) is 0 Å². The Labute approximate surface area is 220 Å². The number of hydrogen-bond donors (Lipinski definition) is 0. The monoisotopic (exact) mass is 495 g/mol. The van der Waals surface area contributed by atoms with Crippen LogP contribution in [0.25, 0.3) is 0 Å². The van der Waals surface area contributed by atoms with Crippen molar-refractivity contribution in [1.82, 2.24) is 29.4 Å². The van der Waals surface area contributed by atoms with Crippen LogP contribution in [0, 0.1) is 0 Å². The molecule has 4 aliphatic rings. The predicted molar refractivity (Wildman–Crippen MR) is 154 cm³/mol. The van der Waals surface area contributed by atoms with Crippen LogP contribution in [0.1, 0.15) is 73.6 Å². The van der Waals surface area contributed by atoms with Gasteiger partial charge < -0.3 is 9.80 Å². The van der Waals surface area contributed by atoms with Crippen LogP contribution in [0.4, 0.5) is 0 Å². The Kier molecular flexibility index (Phi) is 13.0. The molecule has 6 heteroatoms. The smallest absolute Gasteiger partial charge is 0.0235 e. The van der Waals surface area contributed by atoms with E-state index in [0.29, 0.717) is 0 Å². The number of likely N-dealkylation sites (tertiary alicyclic amines) is 3. The Bertz CT molecular complexity index is 516. The van der Waals surface area contributed by atoms with Crippen molar-refractivity contribution in [2.45, 2.75) is 116 Å². The topological polar surface area (TPSA) is 19.4 Å². The SMILES string of the molecule is CC(C)N1CCC(N(C)C2CC2)C1.CC(C)N1CC[C@@H](N(C)C)C1.CC(C)N1CC[C@H](N(C)C)C1. The molecule has 0 amide bonds. The average Bonchev–Trinajstić information content (AvgIpc) is 3.21. The van der Waals surface area contributed by atoms with E-state index in [4.69, 9.17) is 0 Å². The lowest BCUT2D eigenvalue weighted by Crippen LogP contribution is -2.37. The molecule has 4 fully saturated rings. The van der Waals surface area contributed by atoms with Crippen molar-refractivity contribution >= 4 is 0 Å². The molecule has 208 valence electrons. The van der Waals surface area contributed by atoms with Gasteiger partial charge in [-0.15, -0.1) is 0 Å². The lowest BCUT2D eigenvalue weighted by Gasteiger charge is -2.25. The molecule has 6 nitrogen and oxygen atoms in total. The average molecular weight is 495 g/mol. The minimum Gasteiger partial charge on any atom is -0.305 e. The maximum atomic E-state index is 2.61. The van der Waals surface area contributed by atoms with Gasteiger partial charge in [0.25, 0.3) is 0 Å². The van der Waals surface area contributed by atoms with Gasteiger partial charge in [0.1, 0.15) is 0 Å². The fourth-order valence-corrected chi connectivity index (χ4v) is 5.67. The fraction of sp³-hybridized carbons (Fsp3) is 1.00. The van der Waals surface area contributed by atoms with Gasteiger partial charge in [0.2, 0.25) is 0 Å². The molecule has 0 aromatic carbocycles. The summed E-state index contributed by atoms with van der Waals surface area (Å²) >= 11 is 0. The van der Waals surface area contributed by atoms with E-state index in [1.165, 1.54) is 71.4 Å². The maximum absolute atomic E-state index is 2.61. The van der Waals surface area contributed by atoms with Crippen LogP contribution in [0.2, 0.25) is 0 Å². The molecular formula is C29H62N6. The van der Waals surface area contributed by atoms with Gasteiger partial charge >= 0.3 is 0 Å². The summed E-state index contributed by atoms with van der Waals surface area (Å²) in [5.74, 6) is 0. The van der Waals surface area contributed by atoms with Crippen molar-refractivity contribution in [3.8, 4) is 0 Å². The summed E-state index contributed by atoms with van der Waals surface area (Å²) in [6, 6.07) is 5.53. The molecule has 3 heterocycles. The number of hydrogen-bond acceptors (Lipinski definition) is 6. The highest BCUT2D eigenvalue weighted by Gasteiger charge is 2.35. The summed E-state index contributed by atoms with van der Waals surface area (Å²) in [4.78, 5) is 15.0. The van der Waals surface area contributed by atoms with Crippen molar-refractivity contribution in [3.63, 3.8) is 0 Å². The standard InChI is InChI=1S/C11H22N2.2C9H20N2/c1-9(2)13-7-6-11(8-13)12(3)10-4-5-10;2*1-8(2)11-6-5-9(7-11)10(3)4/h9-11H,4-8H2,1-3H3;2*8-9H,5-7H2,1-4H3/t;2*9-/m.10/s1. The quantitative estimate of drug-likeness (QED) is 0.535. The van der Waals surface area contributed by atoms with E-state index in [2.05, 4.69) is 106 Å². The Morgan fingerprint density at radius 1 is 0.457 bits per heavy atom. The Morgan fingerprint density at radius 2 is 0.771 bits per heavy atom. The molecule has 3 atom stereocenters. The molecule has 0 bridgehead atoms. The molecule has 0 radical (unpaired) electrons. The van der Waals surface area contributed by atoms with E-state index in [0.717, 1.165) is 42.3 Å². The normalized spacial score (nSPS) is 28.5. The molecule has 0 aromatic rings. The number of nitrogens with zero attached hydrogens (tertiary/aromatic N) is 6. The molecule has 3 aliphatic heterocycles. The van der Waals surface area contributed by atoms with Gasteiger partial charge in [0.15, 0.2) is 0 Å². The lowest BCUT2D eigenvalue weighted by molar-refractivity contribution is 0.207. The van der Waals surface area contributed by atoms with Crippen molar-refractivity contribution < 1.29 is 0 Å². The molecule has 0 spiro atoms. The number of likely N-dealkylation sites (N-methyl/N-ethyl adjacent to an activating group) is 3. The third-order valence-electron chi connectivity index (χ3n) is 8.93. The summed E-state index contributed by atoms with van der Waals surface area (Å²) < 4.78 is 0. The first-order valence-electron chi connectivity index (χ1n) is 14.7. The minimum absolute atomic E-state index is 0.722. The van der Waals surface area contributed by atoms with E-state index >= 15 is 0 Å². The van der Waals surface area contributed by atoms with Crippen molar-refractivity contribution in [2.75, 3.05) is 74.5 Å². The number of rotatable bonds is 7. The molecule has 0 aromatic heterocycles. The van der Waals surface area contributed by atoms with Crippen LogP contribution >= 0.6 is 0 Å². The minimum atomic E-state index is 0.722. The second kappa shape index (κ2) is 14.6. The highest BCUT2D eigenvalue weighted by atomic mass is 15.3. The largest absolute Gasteiger partial charge is 0.305 e. The molecule has 3 saturated heterocycles. The molecule has 4 rings (SSSR count). The first kappa shape index (κ1) is 31.0. The summed E-state index contributed by atoms with van der Waals surface area (Å²) in [5, 5.41) is 0. The van der Waals surface area contributed by atoms with Gasteiger partial charge in [-0.05, 0) is 109 Å². The van der Waals surface area contributed by atoms with Crippen LogP contribution < -0.4 is 0 Å². The summed E-state index contributed by atoms with van der Waals surface area (Å²) in [5.41, 5.74) is 0. The van der Waals surface area contributed by atoms with E-state index in [9.17, 15) is 0 Å². The van der Waals surface area contributed by atoms with Gasteiger partial charge in [-0.1, -0.05) is 0 Å². The van der Waals surface area contributed by atoms with Gasteiger partial charge in [-0.25, -0.2) is 0 Å². The first-order chi connectivity index (χ1) is 16.4. The van der Waals surface area contributed by atoms with Crippen molar-refractivity contribution in [1.29, 1.82) is 0 Å². The summed E-state index contributed by atoms with van der Waals surface area (Å²) in [6.45, 7) is 21.4. The molecule has 35 heavy (non-hydrogen) atoms. The molecule has 0 N–H and O–H groups in total. The maximum Gasteiger partial charge on any atom is 0.0235 e. The van der Waals surface area contributed by atoms with Crippen LogP contribution in [-0.4, -0.2) is 146 Å². The predicted octanol–water partition coefficient (Wildman–Crippen LogP) is 3.62. The zero-order chi connectivity index (χ0) is 26.3. The Hall–Kier alpha value is -0.240. The second-order valence-electron chi connectivity index (χ2n) is 12.9. The molecule has 1 unspecified atom stereocenters. The van der Waals surface area contributed by atoms with Gasteiger partial charge in [0.05, 0.1) is 0 Å². The molecule has 1 aliphatic carbocycles. The van der Waals surface area contributed by atoms with Crippen LogP contribution in [-0.2, 0) is 0 Å². The fourth-order valence-electron chi connectivity index (χ4n) is 5.67. The third-order valence-corrected chi connectivity index (χ3v) is 8.93. The zero-order valence-corrected chi connectivity index (χ0v) is 25.5. The van der Waals surface area contributed by atoms with Gasteiger partial charge in [-0.3, -0.25) is 19.6 Å². The zero-order valence-electron chi connectivity index (χ0n) is 25.5. The lowest BCUT2D eigenvalue weighted by atomic mass is 10.2. The second-order valence-corrected chi connectivity index (χ2v) is 12.9. The molecular weight excluding hydrogens is 432 g/mol. The van der Waals surface area contributed by atoms with E-state index in [1.807, 2.05) is 0 Å².